The van der Waals surface area contributed by atoms with Gasteiger partial charge in [-0.05, 0) is 76.9 Å². The number of ether oxygens (including phenoxy) is 1. The Morgan fingerprint density at radius 2 is 1.74 bits per heavy atom. The first kappa shape index (κ1) is 36.6. The quantitative estimate of drug-likeness (QED) is 0.147. The molecule has 0 saturated carbocycles. The zero-order chi connectivity index (χ0) is 31.6. The van der Waals surface area contributed by atoms with E-state index < -0.39 is 5.41 Å². The van der Waals surface area contributed by atoms with Crippen molar-refractivity contribution < 1.29 is 18.7 Å². The summed E-state index contributed by atoms with van der Waals surface area (Å²) in [6.45, 7) is 12.7. The molecule has 0 saturated heterocycles. The van der Waals surface area contributed by atoms with Gasteiger partial charge in [-0.3, -0.25) is 24.3 Å². The van der Waals surface area contributed by atoms with E-state index in [2.05, 4.69) is 16.0 Å². The number of hydrogen-bond donors (Lipinski definition) is 0. The minimum atomic E-state index is -1.19. The van der Waals surface area contributed by atoms with E-state index in [-0.39, 0.29) is 42.2 Å². The molecule has 3 aromatic heterocycles. The van der Waals surface area contributed by atoms with Gasteiger partial charge in [0.2, 0.25) is 11.8 Å². The van der Waals surface area contributed by atoms with Gasteiger partial charge >= 0.3 is 0 Å². The van der Waals surface area contributed by atoms with Crippen molar-refractivity contribution in [1.29, 1.82) is 0 Å². The van der Waals surface area contributed by atoms with Gasteiger partial charge in [-0.15, -0.1) is 24.8 Å². The second-order valence-electron chi connectivity index (χ2n) is 11.9. The standard InChI is InChI=1S/C34H41N5O5.2ClH/c1-7-39-27-10-8-11-29(30(27)36(6)32(41)34(4,5)33(39)42)43-20-9-16-37(22-25-13-12-23(2)35-24(25)3)18-19-38-17-14-28-26(31(38)40)15-21-44-28;;/h8,10-15,17,21H,7,9,16,18-20,22H2,1-6H3;2*1H. The number of benzene rings is 1. The van der Waals surface area contributed by atoms with Gasteiger partial charge in [0.15, 0.2) is 0 Å². The Morgan fingerprint density at radius 1 is 0.978 bits per heavy atom. The number of pyridine rings is 2. The molecule has 248 valence electrons. The molecular weight excluding hydrogens is 629 g/mol. The van der Waals surface area contributed by atoms with Crippen molar-refractivity contribution in [2.75, 3.05) is 43.1 Å². The van der Waals surface area contributed by atoms with E-state index in [0.717, 1.165) is 17.0 Å². The van der Waals surface area contributed by atoms with Gasteiger partial charge in [-0.1, -0.05) is 12.1 Å². The Morgan fingerprint density at radius 3 is 2.46 bits per heavy atom. The molecule has 2 amide bonds. The molecule has 0 unspecified atom stereocenters. The van der Waals surface area contributed by atoms with Crippen molar-refractivity contribution in [3.8, 4) is 5.75 Å². The molecule has 1 aromatic carbocycles. The number of aryl methyl sites for hydroxylation is 2. The van der Waals surface area contributed by atoms with E-state index in [4.69, 9.17) is 9.15 Å². The van der Waals surface area contributed by atoms with Crippen molar-refractivity contribution in [1.82, 2.24) is 14.5 Å². The second-order valence-corrected chi connectivity index (χ2v) is 11.9. The number of rotatable bonds is 11. The molecule has 0 radical (unpaired) electrons. The monoisotopic (exact) mass is 671 g/mol. The number of carbonyl (C=O) groups is 2. The molecule has 1 aliphatic rings. The predicted octanol–water partition coefficient (Wildman–Crippen LogP) is 5.78. The average molecular weight is 673 g/mol. The van der Waals surface area contributed by atoms with E-state index in [0.29, 0.717) is 73.8 Å². The third-order valence-corrected chi connectivity index (χ3v) is 8.39. The van der Waals surface area contributed by atoms with Gasteiger partial charge in [-0.25, -0.2) is 0 Å². The number of hydrogen-bond acceptors (Lipinski definition) is 7. The van der Waals surface area contributed by atoms with E-state index in [9.17, 15) is 14.4 Å². The summed E-state index contributed by atoms with van der Waals surface area (Å²) < 4.78 is 13.4. The van der Waals surface area contributed by atoms with Crippen LogP contribution in [0.1, 0.15) is 44.1 Å². The number of nitrogens with zero attached hydrogens (tertiary/aromatic N) is 5. The minimum absolute atomic E-state index is 0. The summed E-state index contributed by atoms with van der Waals surface area (Å²) in [6, 6.07) is 13.2. The molecule has 0 aliphatic carbocycles. The molecule has 1 aliphatic heterocycles. The van der Waals surface area contributed by atoms with Crippen LogP contribution in [0.15, 0.2) is 64.1 Å². The summed E-state index contributed by atoms with van der Waals surface area (Å²) in [5.74, 6) is 0.0653. The maximum absolute atomic E-state index is 13.3. The lowest BCUT2D eigenvalue weighted by molar-refractivity contribution is -0.137. The van der Waals surface area contributed by atoms with Gasteiger partial charge in [0.25, 0.3) is 5.56 Å². The van der Waals surface area contributed by atoms with Crippen LogP contribution in [0.4, 0.5) is 11.4 Å². The molecule has 4 aromatic rings. The van der Waals surface area contributed by atoms with Gasteiger partial charge in [0, 0.05) is 57.4 Å². The second kappa shape index (κ2) is 15.2. The summed E-state index contributed by atoms with van der Waals surface area (Å²) >= 11 is 0. The molecule has 0 bridgehead atoms. The largest absolute Gasteiger partial charge is 0.491 e. The number of aromatic nitrogens is 2. The summed E-state index contributed by atoms with van der Waals surface area (Å²) in [7, 11) is 1.70. The zero-order valence-electron chi connectivity index (χ0n) is 27.2. The van der Waals surface area contributed by atoms with E-state index in [1.54, 1.807) is 47.5 Å². The highest BCUT2D eigenvalue weighted by molar-refractivity contribution is 6.20. The van der Waals surface area contributed by atoms with Crippen LogP contribution in [0.3, 0.4) is 0 Å². The first-order chi connectivity index (χ1) is 21.0. The fraction of sp³-hybridized carbons (Fsp3) is 0.412. The van der Waals surface area contributed by atoms with E-state index in [1.165, 1.54) is 6.26 Å². The van der Waals surface area contributed by atoms with Crippen molar-refractivity contribution in [3.05, 3.63) is 82.2 Å². The van der Waals surface area contributed by atoms with Crippen molar-refractivity contribution in [2.24, 2.45) is 5.41 Å². The first-order valence-electron chi connectivity index (χ1n) is 15.1. The van der Waals surface area contributed by atoms with Crippen LogP contribution in [0, 0.1) is 19.3 Å². The van der Waals surface area contributed by atoms with Gasteiger partial charge in [-0.2, -0.15) is 0 Å². The zero-order valence-corrected chi connectivity index (χ0v) is 28.9. The third kappa shape index (κ3) is 7.24. The third-order valence-electron chi connectivity index (χ3n) is 8.39. The Labute approximate surface area is 282 Å². The van der Waals surface area contributed by atoms with Crippen molar-refractivity contribution >= 4 is 59.0 Å². The van der Waals surface area contributed by atoms with Crippen LogP contribution in [0.5, 0.6) is 5.75 Å². The molecule has 0 N–H and O–H groups in total. The Kier molecular flexibility index (Phi) is 12.1. The lowest BCUT2D eigenvalue weighted by Crippen LogP contribution is -2.47. The normalized spacial score (nSPS) is 14.2. The number of para-hydroxylation sites is 1. The summed E-state index contributed by atoms with van der Waals surface area (Å²) in [6.07, 6.45) is 4.02. The average Bonchev–Trinajstić information content (AvgIpc) is 3.47. The van der Waals surface area contributed by atoms with Crippen LogP contribution in [0.2, 0.25) is 0 Å². The first-order valence-corrected chi connectivity index (χ1v) is 15.1. The molecule has 10 nitrogen and oxygen atoms in total. The van der Waals surface area contributed by atoms with Crippen LogP contribution in [-0.4, -0.2) is 59.6 Å². The fourth-order valence-corrected chi connectivity index (χ4v) is 5.85. The maximum Gasteiger partial charge on any atom is 0.261 e. The number of halogens is 2. The maximum atomic E-state index is 13.3. The molecule has 5 rings (SSSR count). The molecular formula is C34H43Cl2N5O5. The topological polar surface area (TPSA) is 101 Å². The highest BCUT2D eigenvalue weighted by atomic mass is 35.5. The van der Waals surface area contributed by atoms with Crippen LogP contribution < -0.4 is 20.1 Å². The summed E-state index contributed by atoms with van der Waals surface area (Å²) in [4.78, 5) is 49.8. The van der Waals surface area contributed by atoms with Crippen LogP contribution >= 0.6 is 24.8 Å². The lowest BCUT2D eigenvalue weighted by Gasteiger charge is -2.27. The van der Waals surface area contributed by atoms with Crippen molar-refractivity contribution in [3.63, 3.8) is 0 Å². The Bertz CT molecular complexity index is 1750. The van der Waals surface area contributed by atoms with Crippen LogP contribution in [-0.2, 0) is 22.7 Å². The van der Waals surface area contributed by atoms with Gasteiger partial charge in [0.1, 0.15) is 22.4 Å². The number of amides is 2. The molecule has 12 heteroatoms. The SMILES string of the molecule is CCN1C(=O)C(C)(C)C(=O)N(C)c2c(OCCCN(CCn3ccc4occc4c3=O)Cc3ccc(C)nc3C)cccc21.Cl.Cl. The summed E-state index contributed by atoms with van der Waals surface area (Å²) in [5, 5.41) is 0.572. The van der Waals surface area contributed by atoms with Gasteiger partial charge < -0.3 is 23.5 Å². The predicted molar refractivity (Wildman–Crippen MR) is 186 cm³/mol. The molecule has 4 heterocycles. The number of furan rings is 1. The highest BCUT2D eigenvalue weighted by Crippen LogP contribution is 2.43. The van der Waals surface area contributed by atoms with Crippen molar-refractivity contribution in [2.45, 2.75) is 54.1 Å². The van der Waals surface area contributed by atoms with E-state index in [1.807, 2.05) is 51.1 Å². The van der Waals surface area contributed by atoms with Gasteiger partial charge in [0.05, 0.1) is 23.9 Å². The smallest absolute Gasteiger partial charge is 0.261 e. The number of fused-ring (bicyclic) bond motifs is 2. The fourth-order valence-electron chi connectivity index (χ4n) is 5.85. The van der Waals surface area contributed by atoms with E-state index >= 15 is 0 Å². The summed E-state index contributed by atoms with van der Waals surface area (Å²) in [5.41, 5.74) is 3.70. The number of carbonyl (C=O) groups excluding carboxylic acids is 2. The van der Waals surface area contributed by atoms with Crippen LogP contribution in [0.25, 0.3) is 11.0 Å². The highest BCUT2D eigenvalue weighted by Gasteiger charge is 2.45. The molecule has 0 spiro atoms. The molecule has 0 atom stereocenters. The number of anilines is 2. The molecule has 0 fully saturated rings. The molecule has 46 heavy (non-hydrogen) atoms. The Hall–Kier alpha value is -3.86. The lowest BCUT2D eigenvalue weighted by atomic mass is 9.90. The minimum Gasteiger partial charge on any atom is -0.491 e. The Balaban J connectivity index is 0.00000288.